The molecule has 0 unspecified atom stereocenters. The van der Waals surface area contributed by atoms with Crippen LogP contribution in [0.15, 0.2) is 41.7 Å². The van der Waals surface area contributed by atoms with Gasteiger partial charge in [0.05, 0.1) is 21.7 Å². The maximum absolute atomic E-state index is 12.0. The van der Waals surface area contributed by atoms with Gasteiger partial charge in [-0.3, -0.25) is 0 Å². The summed E-state index contributed by atoms with van der Waals surface area (Å²) in [6, 6.07) is 6.64. The number of nitrogens with one attached hydrogen (secondary N) is 4. The molecular weight excluding hydrogens is 316 g/mol. The smallest absolute Gasteiger partial charge is 0.240 e. The molecule has 8 nitrogen and oxygen atoms in total. The van der Waals surface area contributed by atoms with E-state index in [0.717, 1.165) is 11.1 Å². The zero-order chi connectivity index (χ0) is 16.4. The molecule has 1 aromatic carbocycles. The van der Waals surface area contributed by atoms with E-state index in [1.54, 1.807) is 25.4 Å². The van der Waals surface area contributed by atoms with Crippen LogP contribution in [0.3, 0.4) is 0 Å². The van der Waals surface area contributed by atoms with E-state index in [1.807, 2.05) is 6.07 Å². The number of sulfonamides is 1. The Morgan fingerprint density at radius 1 is 1.09 bits per heavy atom. The molecule has 0 saturated carbocycles. The van der Waals surface area contributed by atoms with Gasteiger partial charge in [0.2, 0.25) is 10.0 Å². The summed E-state index contributed by atoms with van der Waals surface area (Å²) >= 11 is 0. The van der Waals surface area contributed by atoms with Crippen molar-refractivity contribution in [2.45, 2.75) is 4.90 Å². The van der Waals surface area contributed by atoms with Crippen LogP contribution in [-0.2, 0) is 10.0 Å². The Kier molecular flexibility index (Phi) is 3.89. The molecule has 2 heterocycles. The molecular formula is C14H16N6O2S. The summed E-state index contributed by atoms with van der Waals surface area (Å²) in [5, 5.41) is 7.00. The van der Waals surface area contributed by atoms with E-state index in [0.29, 0.717) is 17.2 Å². The minimum Gasteiger partial charge on any atom is -0.386 e. The van der Waals surface area contributed by atoms with Gasteiger partial charge in [0.15, 0.2) is 0 Å². The molecule has 0 radical (unpaired) electrons. The zero-order valence-corrected chi connectivity index (χ0v) is 13.4. The summed E-state index contributed by atoms with van der Waals surface area (Å²) < 4.78 is 26.3. The van der Waals surface area contributed by atoms with Crippen molar-refractivity contribution in [2.75, 3.05) is 24.7 Å². The fourth-order valence-electron chi connectivity index (χ4n) is 2.23. The summed E-state index contributed by atoms with van der Waals surface area (Å²) in [6.07, 6.45) is 3.21. The third-order valence-electron chi connectivity index (χ3n) is 3.45. The third-order valence-corrected chi connectivity index (χ3v) is 4.86. The lowest BCUT2D eigenvalue weighted by Crippen LogP contribution is -2.18. The number of anilines is 3. The number of hydrogen-bond acceptors (Lipinski definition) is 6. The number of nitrogens with zero attached hydrogens (tertiary/aromatic N) is 2. The Bertz CT molecular complexity index is 951. The average molecular weight is 332 g/mol. The quantitative estimate of drug-likeness (QED) is 0.565. The summed E-state index contributed by atoms with van der Waals surface area (Å²) in [6.45, 7) is 0. The Labute approximate surface area is 133 Å². The number of H-pyrrole nitrogens is 1. The SMILES string of the molecule is CNc1ccc(S(=O)(=O)NC)cc1Nc1ncnc2[nH]ccc12. The first-order valence-corrected chi connectivity index (χ1v) is 8.34. The summed E-state index contributed by atoms with van der Waals surface area (Å²) in [5.41, 5.74) is 2.06. The van der Waals surface area contributed by atoms with E-state index in [-0.39, 0.29) is 4.90 Å². The maximum Gasteiger partial charge on any atom is 0.240 e. The lowest BCUT2D eigenvalue weighted by molar-refractivity contribution is 0.588. The highest BCUT2D eigenvalue weighted by molar-refractivity contribution is 7.89. The largest absolute Gasteiger partial charge is 0.386 e. The van der Waals surface area contributed by atoms with Crippen LogP contribution in [0.1, 0.15) is 0 Å². The second kappa shape index (κ2) is 5.86. The monoisotopic (exact) mass is 332 g/mol. The highest BCUT2D eigenvalue weighted by atomic mass is 32.2. The van der Waals surface area contributed by atoms with Gasteiger partial charge in [-0.25, -0.2) is 23.1 Å². The van der Waals surface area contributed by atoms with Crippen molar-refractivity contribution in [2.24, 2.45) is 0 Å². The van der Waals surface area contributed by atoms with E-state index >= 15 is 0 Å². The first-order valence-electron chi connectivity index (χ1n) is 6.85. The molecule has 23 heavy (non-hydrogen) atoms. The fourth-order valence-corrected chi connectivity index (χ4v) is 2.99. The molecule has 0 aliphatic carbocycles. The van der Waals surface area contributed by atoms with Crippen LogP contribution in [0.5, 0.6) is 0 Å². The van der Waals surface area contributed by atoms with Gasteiger partial charge in [0, 0.05) is 13.2 Å². The topological polar surface area (TPSA) is 112 Å². The van der Waals surface area contributed by atoms with Gasteiger partial charge in [0.25, 0.3) is 0 Å². The van der Waals surface area contributed by atoms with Crippen LogP contribution in [0.2, 0.25) is 0 Å². The Balaban J connectivity index is 2.08. The number of benzene rings is 1. The third kappa shape index (κ3) is 2.83. The number of fused-ring (bicyclic) bond motifs is 1. The molecule has 0 spiro atoms. The van der Waals surface area contributed by atoms with Crippen LogP contribution in [-0.4, -0.2) is 37.5 Å². The molecule has 0 fully saturated rings. The summed E-state index contributed by atoms with van der Waals surface area (Å²) in [5.74, 6) is 0.590. The molecule has 0 saturated heterocycles. The molecule has 4 N–H and O–H groups in total. The summed E-state index contributed by atoms with van der Waals surface area (Å²) in [4.78, 5) is 11.5. The molecule has 0 amide bonds. The molecule has 3 aromatic rings. The highest BCUT2D eigenvalue weighted by Gasteiger charge is 2.15. The number of hydrogen-bond donors (Lipinski definition) is 4. The lowest BCUT2D eigenvalue weighted by atomic mass is 10.2. The fraction of sp³-hybridized carbons (Fsp3) is 0.143. The second-order valence-electron chi connectivity index (χ2n) is 4.75. The van der Waals surface area contributed by atoms with Gasteiger partial charge in [-0.15, -0.1) is 0 Å². The molecule has 0 bridgehead atoms. The van der Waals surface area contributed by atoms with Crippen LogP contribution in [0.25, 0.3) is 11.0 Å². The average Bonchev–Trinajstić information content (AvgIpc) is 3.04. The first kappa shape index (κ1) is 15.3. The number of aromatic amines is 1. The van der Waals surface area contributed by atoms with E-state index in [2.05, 4.69) is 30.3 Å². The number of aromatic nitrogens is 3. The molecule has 0 aliphatic heterocycles. The molecule has 0 atom stereocenters. The highest BCUT2D eigenvalue weighted by Crippen LogP contribution is 2.29. The normalized spacial score (nSPS) is 11.6. The van der Waals surface area contributed by atoms with Crippen molar-refractivity contribution in [3.63, 3.8) is 0 Å². The van der Waals surface area contributed by atoms with Crippen molar-refractivity contribution in [3.05, 3.63) is 36.8 Å². The Morgan fingerprint density at radius 3 is 2.65 bits per heavy atom. The lowest BCUT2D eigenvalue weighted by Gasteiger charge is -2.13. The standard InChI is InChI=1S/C14H16N6O2S/c1-15-11-4-3-9(23(21,22)16-2)7-12(11)20-14-10-5-6-17-13(10)18-8-19-14/h3-8,15-16H,1-2H3,(H2,17,18,19,20). The van der Waals surface area contributed by atoms with Gasteiger partial charge in [0.1, 0.15) is 17.8 Å². The maximum atomic E-state index is 12.0. The van der Waals surface area contributed by atoms with Gasteiger partial charge < -0.3 is 15.6 Å². The van der Waals surface area contributed by atoms with Crippen LogP contribution >= 0.6 is 0 Å². The number of rotatable bonds is 5. The molecule has 3 rings (SSSR count). The van der Waals surface area contributed by atoms with Crippen molar-refractivity contribution < 1.29 is 8.42 Å². The predicted molar refractivity (Wildman–Crippen MR) is 89.4 cm³/mol. The van der Waals surface area contributed by atoms with Gasteiger partial charge in [-0.05, 0) is 31.3 Å². The minimum atomic E-state index is -3.53. The van der Waals surface area contributed by atoms with E-state index in [4.69, 9.17) is 0 Å². The first-order chi connectivity index (χ1) is 11.0. The van der Waals surface area contributed by atoms with Gasteiger partial charge in [-0.2, -0.15) is 0 Å². The van der Waals surface area contributed by atoms with Gasteiger partial charge >= 0.3 is 0 Å². The minimum absolute atomic E-state index is 0.167. The molecule has 0 aliphatic rings. The van der Waals surface area contributed by atoms with Crippen LogP contribution < -0.4 is 15.4 Å². The van der Waals surface area contributed by atoms with Crippen molar-refractivity contribution in [1.82, 2.24) is 19.7 Å². The molecule has 9 heteroatoms. The van der Waals surface area contributed by atoms with Crippen LogP contribution in [0, 0.1) is 0 Å². The Hall–Kier alpha value is -2.65. The Morgan fingerprint density at radius 2 is 1.91 bits per heavy atom. The molecule has 2 aromatic heterocycles. The van der Waals surface area contributed by atoms with E-state index < -0.39 is 10.0 Å². The van der Waals surface area contributed by atoms with Crippen LogP contribution in [0.4, 0.5) is 17.2 Å². The van der Waals surface area contributed by atoms with Crippen molar-refractivity contribution in [1.29, 1.82) is 0 Å². The molecule has 120 valence electrons. The predicted octanol–water partition coefficient (Wildman–Crippen LogP) is 1.65. The van der Waals surface area contributed by atoms with Gasteiger partial charge in [-0.1, -0.05) is 0 Å². The zero-order valence-electron chi connectivity index (χ0n) is 12.6. The second-order valence-corrected chi connectivity index (χ2v) is 6.64. The summed E-state index contributed by atoms with van der Waals surface area (Å²) in [7, 11) is -0.387. The van der Waals surface area contributed by atoms with Crippen molar-refractivity contribution in [3.8, 4) is 0 Å². The van der Waals surface area contributed by atoms with E-state index in [1.165, 1.54) is 19.4 Å². The van der Waals surface area contributed by atoms with E-state index in [9.17, 15) is 8.42 Å². The van der Waals surface area contributed by atoms with Crippen molar-refractivity contribution >= 4 is 38.2 Å².